The van der Waals surface area contributed by atoms with Crippen molar-refractivity contribution >= 4 is 35.5 Å². The van der Waals surface area contributed by atoms with Gasteiger partial charge in [-0.05, 0) is 12.2 Å². The van der Waals surface area contributed by atoms with Gasteiger partial charge in [0.2, 0.25) is 0 Å². The Morgan fingerprint density at radius 2 is 2.10 bits per heavy atom. The summed E-state index contributed by atoms with van der Waals surface area (Å²) in [6, 6.07) is 0. The topological polar surface area (TPSA) is 90.5 Å². The second kappa shape index (κ2) is 8.54. The molecule has 0 radical (unpaired) electrons. The maximum atomic E-state index is 10.9. The van der Waals surface area contributed by atoms with Crippen LogP contribution < -0.4 is 16.2 Å². The number of carbonyl (C=O) groups excluding carboxylic acids is 1. The maximum absolute atomic E-state index is 10.9. The Kier molecular flexibility index (Phi) is 7.40. The summed E-state index contributed by atoms with van der Waals surface area (Å²) >= 11 is 7.37. The Morgan fingerprint density at radius 1 is 1.45 bits per heavy atom. The van der Waals surface area contributed by atoms with Gasteiger partial charge in [-0.2, -0.15) is 0 Å². The zero-order valence-electron chi connectivity index (χ0n) is 11.7. The van der Waals surface area contributed by atoms with Crippen LogP contribution in [-0.4, -0.2) is 23.6 Å². The fourth-order valence-corrected chi connectivity index (χ4v) is 2.97. The molecule has 1 heterocycles. The standard InChI is InChI=1S/C13H22ClN3O2S/c1-2-3-4-5-6-7-8-20-11-10(14)16-9-13(15,17-11)12(18)19/h9,17H,2-8,15H2,1H3,(H,18,19)/p-1. The molecule has 0 amide bonds. The van der Waals surface area contributed by atoms with E-state index in [1.54, 1.807) is 0 Å². The largest absolute Gasteiger partial charge is 0.546 e. The van der Waals surface area contributed by atoms with Crippen LogP contribution in [0.1, 0.15) is 45.4 Å². The van der Waals surface area contributed by atoms with Crippen molar-refractivity contribution in [3.63, 3.8) is 0 Å². The third kappa shape index (κ3) is 5.34. The van der Waals surface area contributed by atoms with Gasteiger partial charge >= 0.3 is 0 Å². The summed E-state index contributed by atoms with van der Waals surface area (Å²) in [5.74, 6) is -0.577. The fourth-order valence-electron chi connectivity index (χ4n) is 1.74. The van der Waals surface area contributed by atoms with Crippen LogP contribution >= 0.6 is 23.4 Å². The third-order valence-electron chi connectivity index (χ3n) is 2.97. The fraction of sp³-hybridized carbons (Fsp3) is 0.692. The first-order valence-corrected chi connectivity index (χ1v) is 8.22. The summed E-state index contributed by atoms with van der Waals surface area (Å²) < 4.78 is 0. The van der Waals surface area contributed by atoms with Crippen molar-refractivity contribution in [1.29, 1.82) is 0 Å². The summed E-state index contributed by atoms with van der Waals surface area (Å²) in [5, 5.41) is 14.3. The average molecular weight is 319 g/mol. The normalized spacial score (nSPS) is 21.9. The highest BCUT2D eigenvalue weighted by atomic mass is 35.5. The maximum Gasteiger partial charge on any atom is 0.164 e. The average Bonchev–Trinajstić information content (AvgIpc) is 2.41. The predicted molar refractivity (Wildman–Crippen MR) is 82.3 cm³/mol. The molecule has 3 N–H and O–H groups in total. The number of carboxylic acid groups (broad SMARTS) is 1. The molecule has 0 aromatic rings. The highest BCUT2D eigenvalue weighted by Gasteiger charge is 2.29. The van der Waals surface area contributed by atoms with E-state index in [0.717, 1.165) is 24.8 Å². The lowest BCUT2D eigenvalue weighted by Gasteiger charge is -2.32. The molecule has 1 aliphatic heterocycles. The van der Waals surface area contributed by atoms with Crippen LogP contribution in [0.5, 0.6) is 0 Å². The number of halogens is 1. The first-order valence-electron chi connectivity index (χ1n) is 6.86. The molecule has 0 spiro atoms. The van der Waals surface area contributed by atoms with E-state index in [2.05, 4.69) is 17.2 Å². The number of aliphatic imine (C=N–C) groups is 1. The highest BCUT2D eigenvalue weighted by Crippen LogP contribution is 2.26. The molecule has 114 valence electrons. The van der Waals surface area contributed by atoms with E-state index in [1.165, 1.54) is 37.4 Å². The summed E-state index contributed by atoms with van der Waals surface area (Å²) in [6.45, 7) is 2.19. The van der Waals surface area contributed by atoms with E-state index in [9.17, 15) is 9.90 Å². The van der Waals surface area contributed by atoms with E-state index >= 15 is 0 Å². The Hall–Kier alpha value is -0.720. The van der Waals surface area contributed by atoms with Gasteiger partial charge in [0.1, 0.15) is 5.03 Å². The monoisotopic (exact) mass is 318 g/mol. The molecule has 0 fully saturated rings. The number of unbranched alkanes of at least 4 members (excludes halogenated alkanes) is 5. The number of hydrogen-bond donors (Lipinski definition) is 2. The molecule has 5 nitrogen and oxygen atoms in total. The molecule has 7 heteroatoms. The molecule has 1 unspecified atom stereocenters. The third-order valence-corrected chi connectivity index (χ3v) is 4.45. The minimum absolute atomic E-state index is 0.239. The Balaban J connectivity index is 2.32. The van der Waals surface area contributed by atoms with Gasteiger partial charge < -0.3 is 15.2 Å². The van der Waals surface area contributed by atoms with Crippen molar-refractivity contribution < 1.29 is 9.90 Å². The first kappa shape index (κ1) is 17.3. The number of nitrogens with zero attached hydrogens (tertiary/aromatic N) is 1. The van der Waals surface area contributed by atoms with Gasteiger partial charge in [-0.3, -0.25) is 5.73 Å². The van der Waals surface area contributed by atoms with Gasteiger partial charge in [0.15, 0.2) is 10.8 Å². The zero-order chi connectivity index (χ0) is 15.0. The van der Waals surface area contributed by atoms with Gasteiger partial charge in [-0.25, -0.2) is 4.99 Å². The van der Waals surface area contributed by atoms with Crippen molar-refractivity contribution in [2.45, 2.75) is 51.1 Å². The van der Waals surface area contributed by atoms with Crippen molar-refractivity contribution in [2.75, 3.05) is 5.75 Å². The van der Waals surface area contributed by atoms with E-state index in [4.69, 9.17) is 17.3 Å². The molecule has 0 aromatic carbocycles. The molecule has 0 saturated carbocycles. The zero-order valence-corrected chi connectivity index (χ0v) is 13.2. The number of carboxylic acids is 1. The molecule has 0 bridgehead atoms. The van der Waals surface area contributed by atoms with Crippen LogP contribution in [0.15, 0.2) is 15.2 Å². The van der Waals surface area contributed by atoms with Crippen LogP contribution in [-0.2, 0) is 4.79 Å². The van der Waals surface area contributed by atoms with Crippen LogP contribution in [0.2, 0.25) is 0 Å². The van der Waals surface area contributed by atoms with Crippen molar-refractivity contribution in [1.82, 2.24) is 5.32 Å². The Labute approximate surface area is 129 Å². The minimum atomic E-state index is -1.78. The number of rotatable bonds is 9. The molecular weight excluding hydrogens is 298 g/mol. The first-order chi connectivity index (χ1) is 9.49. The second-order valence-electron chi connectivity index (χ2n) is 4.78. The summed E-state index contributed by atoms with van der Waals surface area (Å²) in [6.07, 6.45) is 8.28. The molecular formula is C13H21ClN3O2S-. The highest BCUT2D eigenvalue weighted by molar-refractivity contribution is 8.03. The van der Waals surface area contributed by atoms with Gasteiger partial charge in [-0.1, -0.05) is 50.6 Å². The SMILES string of the molecule is CCCCCCCCSC1=C(Cl)N=CC(N)(C(=O)[O-])N1. The number of carbonyl (C=O) groups is 1. The van der Waals surface area contributed by atoms with Crippen LogP contribution in [0.3, 0.4) is 0 Å². The number of aliphatic carboxylic acids is 1. The molecule has 0 saturated heterocycles. The molecule has 1 atom stereocenters. The predicted octanol–water partition coefficient (Wildman–Crippen LogP) is 1.52. The van der Waals surface area contributed by atoms with Gasteiger partial charge in [0.05, 0.1) is 12.2 Å². The smallest absolute Gasteiger partial charge is 0.164 e. The van der Waals surface area contributed by atoms with Gasteiger partial charge in [0, 0.05) is 0 Å². The molecule has 1 rings (SSSR count). The Bertz CT molecular complexity index is 401. The molecule has 0 aromatic heterocycles. The molecule has 0 aliphatic carbocycles. The van der Waals surface area contributed by atoms with Gasteiger partial charge in [-0.15, -0.1) is 11.8 Å². The van der Waals surface area contributed by atoms with Gasteiger partial charge in [0.25, 0.3) is 0 Å². The lowest BCUT2D eigenvalue weighted by atomic mass is 10.1. The Morgan fingerprint density at radius 3 is 2.75 bits per heavy atom. The van der Waals surface area contributed by atoms with Crippen LogP contribution in [0.25, 0.3) is 0 Å². The van der Waals surface area contributed by atoms with E-state index in [-0.39, 0.29) is 5.16 Å². The minimum Gasteiger partial charge on any atom is -0.546 e. The summed E-state index contributed by atoms with van der Waals surface area (Å²) in [7, 11) is 0. The number of hydrogen-bond acceptors (Lipinski definition) is 6. The number of nitrogens with one attached hydrogen (secondary N) is 1. The lowest BCUT2D eigenvalue weighted by molar-refractivity contribution is -0.310. The molecule has 1 aliphatic rings. The summed E-state index contributed by atoms with van der Waals surface area (Å²) in [5.41, 5.74) is 3.84. The quantitative estimate of drug-likeness (QED) is 0.497. The van der Waals surface area contributed by atoms with Crippen molar-refractivity contribution in [3.05, 3.63) is 10.2 Å². The second-order valence-corrected chi connectivity index (χ2v) is 6.24. The van der Waals surface area contributed by atoms with Crippen molar-refractivity contribution in [3.8, 4) is 0 Å². The number of nitrogens with two attached hydrogens (primary N) is 1. The van der Waals surface area contributed by atoms with E-state index in [1.807, 2.05) is 0 Å². The van der Waals surface area contributed by atoms with E-state index in [0.29, 0.717) is 5.03 Å². The van der Waals surface area contributed by atoms with E-state index < -0.39 is 11.6 Å². The lowest BCUT2D eigenvalue weighted by Crippen LogP contribution is -2.66. The summed E-state index contributed by atoms with van der Waals surface area (Å²) in [4.78, 5) is 14.8. The number of thioether (sulfide) groups is 1. The van der Waals surface area contributed by atoms with Crippen LogP contribution in [0, 0.1) is 0 Å². The molecule has 20 heavy (non-hydrogen) atoms. The van der Waals surface area contributed by atoms with Crippen LogP contribution in [0.4, 0.5) is 0 Å². The van der Waals surface area contributed by atoms with Crippen molar-refractivity contribution in [2.24, 2.45) is 10.7 Å².